The van der Waals surface area contributed by atoms with Gasteiger partial charge in [0.25, 0.3) is 5.91 Å². The lowest BCUT2D eigenvalue weighted by Gasteiger charge is -2.14. The molecule has 0 bridgehead atoms. The van der Waals surface area contributed by atoms with Crippen molar-refractivity contribution in [1.29, 1.82) is 0 Å². The van der Waals surface area contributed by atoms with Gasteiger partial charge in [0, 0.05) is 44.0 Å². The van der Waals surface area contributed by atoms with E-state index in [1.807, 2.05) is 32.3 Å². The van der Waals surface area contributed by atoms with Gasteiger partial charge in [0.1, 0.15) is 5.82 Å². The summed E-state index contributed by atoms with van der Waals surface area (Å²) in [6.45, 7) is 0.902. The van der Waals surface area contributed by atoms with Crippen molar-refractivity contribution < 1.29 is 14.7 Å². The number of unbranched alkanes of at least 4 members (excludes halogenated alkanes) is 1. The predicted molar refractivity (Wildman–Crippen MR) is 143 cm³/mol. The Kier molecular flexibility index (Phi) is 8.00. The molecule has 0 atom stereocenters. The molecule has 3 aromatic carbocycles. The smallest absolute Gasteiger partial charge is 0.305 e. The third kappa shape index (κ3) is 6.10. The number of aliphatic carboxylic acids is 1. The second-order valence-corrected chi connectivity index (χ2v) is 9.08. The molecule has 2 N–H and O–H groups in total. The highest BCUT2D eigenvalue weighted by molar-refractivity contribution is 5.98. The van der Waals surface area contributed by atoms with Crippen LogP contribution in [-0.4, -0.2) is 47.2 Å². The topological polar surface area (TPSA) is 87.5 Å². The molecule has 0 fully saturated rings. The molecule has 0 radical (unpaired) electrons. The van der Waals surface area contributed by atoms with E-state index in [9.17, 15) is 9.59 Å². The molecule has 7 heteroatoms. The molecular formula is C29H32N4O3. The van der Waals surface area contributed by atoms with Crippen LogP contribution in [0.25, 0.3) is 22.4 Å². The largest absolute Gasteiger partial charge is 0.481 e. The molecule has 1 heterocycles. The highest BCUT2D eigenvalue weighted by Gasteiger charge is 2.16. The molecule has 0 aliphatic heterocycles. The zero-order valence-corrected chi connectivity index (χ0v) is 20.8. The van der Waals surface area contributed by atoms with Gasteiger partial charge in [0.05, 0.1) is 17.5 Å². The third-order valence-corrected chi connectivity index (χ3v) is 6.20. The summed E-state index contributed by atoms with van der Waals surface area (Å²) in [6, 6.07) is 24.3. The van der Waals surface area contributed by atoms with Crippen molar-refractivity contribution >= 4 is 28.6 Å². The Bertz CT molecular complexity index is 1350. The number of imidazole rings is 1. The molecule has 0 aliphatic carbocycles. The van der Waals surface area contributed by atoms with E-state index in [-0.39, 0.29) is 18.9 Å². The minimum atomic E-state index is -0.943. The van der Waals surface area contributed by atoms with Crippen LogP contribution in [0.5, 0.6) is 0 Å². The molecule has 0 aliphatic rings. The van der Waals surface area contributed by atoms with Crippen LogP contribution in [0.4, 0.5) is 5.69 Å². The Morgan fingerprint density at radius 3 is 2.53 bits per heavy atom. The molecular weight excluding hydrogens is 452 g/mol. The summed E-state index contributed by atoms with van der Waals surface area (Å²) in [4.78, 5) is 30.3. The monoisotopic (exact) mass is 484 g/mol. The summed E-state index contributed by atoms with van der Waals surface area (Å²) < 4.78 is 2.24. The van der Waals surface area contributed by atoms with E-state index in [0.717, 1.165) is 53.9 Å². The fourth-order valence-corrected chi connectivity index (χ4v) is 4.27. The second-order valence-electron chi connectivity index (χ2n) is 9.08. The van der Waals surface area contributed by atoms with Crippen molar-refractivity contribution in [2.75, 3.05) is 25.5 Å². The maximum atomic E-state index is 12.6. The molecule has 1 aromatic heterocycles. The van der Waals surface area contributed by atoms with Crippen LogP contribution in [0.3, 0.4) is 0 Å². The number of amides is 1. The standard InChI is InChI=1S/C29H32N4O3/c1-32(2)24-13-8-12-22(19-24)28-31-25-20-23(29(36)30-17-16-27(34)35)14-15-26(25)33(28)18-7-6-11-21-9-4-3-5-10-21/h3-5,8-10,12-15,19-20H,6-7,11,16-18H2,1-2H3,(H,30,36)(H,34,35). The first-order chi connectivity index (χ1) is 17.4. The van der Waals surface area contributed by atoms with E-state index in [2.05, 4.69) is 57.2 Å². The van der Waals surface area contributed by atoms with Gasteiger partial charge in [-0.15, -0.1) is 0 Å². The van der Waals surface area contributed by atoms with Gasteiger partial charge in [0.15, 0.2) is 0 Å². The number of nitrogens with zero attached hydrogens (tertiary/aromatic N) is 3. The number of hydrogen-bond donors (Lipinski definition) is 2. The van der Waals surface area contributed by atoms with Crippen molar-refractivity contribution in [3.05, 3.63) is 83.9 Å². The van der Waals surface area contributed by atoms with Gasteiger partial charge >= 0.3 is 5.97 Å². The number of anilines is 1. The van der Waals surface area contributed by atoms with Crippen LogP contribution in [0.2, 0.25) is 0 Å². The van der Waals surface area contributed by atoms with Crippen LogP contribution < -0.4 is 10.2 Å². The average Bonchev–Trinajstić information content (AvgIpc) is 3.24. The number of aryl methyl sites for hydroxylation is 2. The number of rotatable bonds is 11. The van der Waals surface area contributed by atoms with Crippen LogP contribution in [-0.2, 0) is 17.8 Å². The Hall–Kier alpha value is -4.13. The lowest BCUT2D eigenvalue weighted by Crippen LogP contribution is -2.25. The lowest BCUT2D eigenvalue weighted by molar-refractivity contribution is -0.136. The fraction of sp³-hybridized carbons (Fsp3) is 0.276. The number of nitrogens with one attached hydrogen (secondary N) is 1. The molecule has 0 saturated heterocycles. The van der Waals surface area contributed by atoms with Gasteiger partial charge in [-0.05, 0) is 55.2 Å². The first kappa shape index (κ1) is 25.0. The Morgan fingerprint density at radius 1 is 0.972 bits per heavy atom. The van der Waals surface area contributed by atoms with Crippen molar-refractivity contribution in [3.63, 3.8) is 0 Å². The number of carboxylic acids is 1. The summed E-state index contributed by atoms with van der Waals surface area (Å²) in [5.74, 6) is -0.370. The minimum absolute atomic E-state index is 0.0879. The van der Waals surface area contributed by atoms with E-state index in [4.69, 9.17) is 10.1 Å². The van der Waals surface area contributed by atoms with Crippen molar-refractivity contribution in [2.45, 2.75) is 32.2 Å². The van der Waals surface area contributed by atoms with Crippen LogP contribution in [0.15, 0.2) is 72.8 Å². The number of fused-ring (bicyclic) bond motifs is 1. The predicted octanol–water partition coefficient (Wildman–Crippen LogP) is 5.00. The molecule has 36 heavy (non-hydrogen) atoms. The molecule has 0 spiro atoms. The Labute approximate surface area is 211 Å². The third-order valence-electron chi connectivity index (χ3n) is 6.20. The molecule has 0 unspecified atom stereocenters. The van der Waals surface area contributed by atoms with Crippen LogP contribution >= 0.6 is 0 Å². The Morgan fingerprint density at radius 2 is 1.78 bits per heavy atom. The van der Waals surface area contributed by atoms with Gasteiger partial charge in [-0.25, -0.2) is 4.98 Å². The zero-order chi connectivity index (χ0) is 25.5. The van der Waals surface area contributed by atoms with E-state index in [1.165, 1.54) is 5.56 Å². The first-order valence-electron chi connectivity index (χ1n) is 12.2. The molecule has 7 nitrogen and oxygen atoms in total. The van der Waals surface area contributed by atoms with Crippen molar-refractivity contribution in [3.8, 4) is 11.4 Å². The summed E-state index contributed by atoms with van der Waals surface area (Å²) in [6.07, 6.45) is 2.97. The number of carboxylic acid groups (broad SMARTS) is 1. The van der Waals surface area contributed by atoms with Gasteiger partial charge in [-0.2, -0.15) is 0 Å². The van der Waals surface area contributed by atoms with Crippen molar-refractivity contribution in [2.24, 2.45) is 0 Å². The van der Waals surface area contributed by atoms with Gasteiger partial charge < -0.3 is 19.9 Å². The number of benzene rings is 3. The quantitative estimate of drug-likeness (QED) is 0.293. The minimum Gasteiger partial charge on any atom is -0.481 e. The number of hydrogen-bond acceptors (Lipinski definition) is 4. The summed E-state index contributed by atoms with van der Waals surface area (Å²) in [7, 11) is 4.03. The maximum Gasteiger partial charge on any atom is 0.305 e. The Balaban J connectivity index is 1.61. The number of aromatic nitrogens is 2. The fourth-order valence-electron chi connectivity index (χ4n) is 4.27. The molecule has 0 saturated carbocycles. The summed E-state index contributed by atoms with van der Waals surface area (Å²) in [5.41, 5.74) is 5.64. The van der Waals surface area contributed by atoms with Crippen LogP contribution in [0, 0.1) is 0 Å². The average molecular weight is 485 g/mol. The van der Waals surface area contributed by atoms with Crippen molar-refractivity contribution in [1.82, 2.24) is 14.9 Å². The first-order valence-corrected chi connectivity index (χ1v) is 12.2. The van der Waals surface area contributed by atoms with Crippen LogP contribution in [0.1, 0.15) is 35.2 Å². The summed E-state index contributed by atoms with van der Waals surface area (Å²) >= 11 is 0. The second kappa shape index (κ2) is 11.5. The van der Waals surface area contributed by atoms with Gasteiger partial charge in [-0.3, -0.25) is 9.59 Å². The van der Waals surface area contributed by atoms with E-state index in [1.54, 1.807) is 12.1 Å². The highest BCUT2D eigenvalue weighted by Crippen LogP contribution is 2.28. The highest BCUT2D eigenvalue weighted by atomic mass is 16.4. The van der Waals surface area contributed by atoms with E-state index in [0.29, 0.717) is 5.56 Å². The van der Waals surface area contributed by atoms with Gasteiger partial charge in [0.2, 0.25) is 0 Å². The molecule has 186 valence electrons. The zero-order valence-electron chi connectivity index (χ0n) is 20.8. The lowest BCUT2D eigenvalue weighted by atomic mass is 10.1. The van der Waals surface area contributed by atoms with E-state index >= 15 is 0 Å². The number of carbonyl (C=O) groups is 2. The maximum absolute atomic E-state index is 12.6. The molecule has 1 amide bonds. The molecule has 4 aromatic rings. The van der Waals surface area contributed by atoms with Gasteiger partial charge in [-0.1, -0.05) is 42.5 Å². The SMILES string of the molecule is CN(C)c1cccc(-c2nc3cc(C(=O)NCCC(=O)O)ccc3n2CCCCc2ccccc2)c1. The normalized spacial score (nSPS) is 10.9. The summed E-state index contributed by atoms with van der Waals surface area (Å²) in [5, 5.41) is 11.5. The number of carbonyl (C=O) groups excluding carboxylic acids is 1. The molecule has 4 rings (SSSR count). The van der Waals surface area contributed by atoms with E-state index < -0.39 is 5.97 Å².